The summed E-state index contributed by atoms with van der Waals surface area (Å²) in [5.41, 5.74) is 8.18. The Bertz CT molecular complexity index is 1290. The number of Topliss-reactive ketones (excluding diaryl/α,β-unsaturated/α-hetero) is 1. The topological polar surface area (TPSA) is 106 Å². The average molecular weight is 497 g/mol. The summed E-state index contributed by atoms with van der Waals surface area (Å²) < 4.78 is 7.10. The van der Waals surface area contributed by atoms with Crippen molar-refractivity contribution >= 4 is 35.5 Å². The van der Waals surface area contributed by atoms with Crippen molar-refractivity contribution in [3.63, 3.8) is 0 Å². The number of aryl methyl sites for hydroxylation is 1. The van der Waals surface area contributed by atoms with Crippen molar-refractivity contribution in [3.05, 3.63) is 69.1 Å². The number of hydrazone groups is 1. The second-order valence-corrected chi connectivity index (χ2v) is 8.61. The van der Waals surface area contributed by atoms with E-state index in [4.69, 9.17) is 16.3 Å². The highest BCUT2D eigenvalue weighted by molar-refractivity contribution is 6.30. The first-order chi connectivity index (χ1) is 16.6. The Hall–Kier alpha value is -3.65. The highest BCUT2D eigenvalue weighted by Crippen LogP contribution is 2.28. The zero-order chi connectivity index (χ0) is 25.7. The number of hydrogen-bond donors (Lipinski definition) is 2. The largest absolute Gasteiger partial charge is 0.462 e. The van der Waals surface area contributed by atoms with Crippen molar-refractivity contribution < 1.29 is 19.1 Å². The van der Waals surface area contributed by atoms with Crippen LogP contribution in [0.3, 0.4) is 0 Å². The van der Waals surface area contributed by atoms with Gasteiger partial charge in [-0.2, -0.15) is 5.10 Å². The molecule has 184 valence electrons. The van der Waals surface area contributed by atoms with Crippen molar-refractivity contribution in [1.82, 2.24) is 15.0 Å². The van der Waals surface area contributed by atoms with Crippen LogP contribution in [0, 0.1) is 20.8 Å². The predicted octanol–water partition coefficient (Wildman–Crippen LogP) is 4.98. The first-order valence-electron chi connectivity index (χ1n) is 11.3. The standard InChI is InChI=1S/C26H29ClN4O4/c1-6-35-26(34)21-13-23(19-7-9-20(27)10-8-19)31(17(21)4)12-11-24(33)30-28-14-22-15(2)25(18(5)32)16(3)29-22/h7-10,13-14,29H,6,11-12H2,1-5H3,(H,30,33)/b28-14+. The van der Waals surface area contributed by atoms with E-state index in [1.807, 2.05) is 37.5 Å². The second kappa shape index (κ2) is 11.2. The van der Waals surface area contributed by atoms with Crippen molar-refractivity contribution in [1.29, 1.82) is 0 Å². The molecule has 3 aromatic rings. The van der Waals surface area contributed by atoms with Crippen LogP contribution in [0.2, 0.25) is 5.02 Å². The number of rotatable bonds is 9. The van der Waals surface area contributed by atoms with Crippen LogP contribution in [0.5, 0.6) is 0 Å². The Balaban J connectivity index is 1.76. The van der Waals surface area contributed by atoms with Gasteiger partial charge in [0.05, 0.1) is 24.1 Å². The molecule has 0 saturated carbocycles. The van der Waals surface area contributed by atoms with Gasteiger partial charge in [0.2, 0.25) is 5.91 Å². The molecule has 0 spiro atoms. The molecule has 0 aliphatic carbocycles. The summed E-state index contributed by atoms with van der Waals surface area (Å²) in [7, 11) is 0. The van der Waals surface area contributed by atoms with Gasteiger partial charge < -0.3 is 14.3 Å². The first kappa shape index (κ1) is 26.0. The Morgan fingerprint density at radius 3 is 2.46 bits per heavy atom. The molecule has 8 nitrogen and oxygen atoms in total. The van der Waals surface area contributed by atoms with Gasteiger partial charge >= 0.3 is 5.97 Å². The molecule has 0 aliphatic rings. The monoisotopic (exact) mass is 496 g/mol. The van der Waals surface area contributed by atoms with E-state index >= 15 is 0 Å². The zero-order valence-corrected chi connectivity index (χ0v) is 21.2. The smallest absolute Gasteiger partial charge is 0.339 e. The maximum Gasteiger partial charge on any atom is 0.339 e. The van der Waals surface area contributed by atoms with E-state index in [0.717, 1.165) is 22.5 Å². The maximum atomic E-state index is 12.5. The molecule has 0 fully saturated rings. The third-order valence-electron chi connectivity index (χ3n) is 5.78. The number of aromatic amines is 1. The Morgan fingerprint density at radius 2 is 1.86 bits per heavy atom. The summed E-state index contributed by atoms with van der Waals surface area (Å²) in [5, 5.41) is 4.64. The van der Waals surface area contributed by atoms with E-state index in [-0.39, 0.29) is 24.7 Å². The van der Waals surface area contributed by atoms with Gasteiger partial charge in [-0.15, -0.1) is 0 Å². The second-order valence-electron chi connectivity index (χ2n) is 8.17. The number of nitrogens with one attached hydrogen (secondary N) is 2. The number of nitrogens with zero attached hydrogens (tertiary/aromatic N) is 2. The van der Waals surface area contributed by atoms with Gasteiger partial charge in [-0.25, -0.2) is 10.2 Å². The van der Waals surface area contributed by atoms with Crippen LogP contribution in [0.15, 0.2) is 35.4 Å². The van der Waals surface area contributed by atoms with Crippen LogP contribution in [0.25, 0.3) is 11.3 Å². The summed E-state index contributed by atoms with van der Waals surface area (Å²) in [6.45, 7) is 9.35. The van der Waals surface area contributed by atoms with Gasteiger partial charge in [0.25, 0.3) is 0 Å². The lowest BCUT2D eigenvalue weighted by atomic mass is 10.1. The van der Waals surface area contributed by atoms with Crippen LogP contribution in [-0.2, 0) is 16.1 Å². The molecular formula is C26H29ClN4O4. The van der Waals surface area contributed by atoms with E-state index < -0.39 is 5.97 Å². The van der Waals surface area contributed by atoms with Crippen LogP contribution >= 0.6 is 11.6 Å². The summed E-state index contributed by atoms with van der Waals surface area (Å²) in [5.74, 6) is -0.725. The van der Waals surface area contributed by atoms with Crippen molar-refractivity contribution in [3.8, 4) is 11.3 Å². The third kappa shape index (κ3) is 5.89. The molecule has 9 heteroatoms. The minimum absolute atomic E-state index is 0.0271. The number of aromatic nitrogens is 2. The van der Waals surface area contributed by atoms with E-state index in [1.54, 1.807) is 25.1 Å². The molecule has 0 atom stereocenters. The number of ether oxygens (including phenoxy) is 1. The summed E-state index contributed by atoms with van der Waals surface area (Å²) in [6, 6.07) is 9.05. The molecule has 1 aromatic carbocycles. The van der Waals surface area contributed by atoms with Gasteiger partial charge in [0, 0.05) is 40.6 Å². The van der Waals surface area contributed by atoms with Crippen molar-refractivity contribution in [2.24, 2.45) is 5.10 Å². The molecule has 0 saturated heterocycles. The summed E-state index contributed by atoms with van der Waals surface area (Å²) in [6.07, 6.45) is 1.63. The highest BCUT2D eigenvalue weighted by atomic mass is 35.5. The van der Waals surface area contributed by atoms with Crippen molar-refractivity contribution in [2.75, 3.05) is 6.61 Å². The van der Waals surface area contributed by atoms with Crippen LogP contribution < -0.4 is 5.43 Å². The molecule has 2 heterocycles. The fourth-order valence-corrected chi connectivity index (χ4v) is 4.20. The molecule has 0 aliphatic heterocycles. The maximum absolute atomic E-state index is 12.5. The van der Waals surface area contributed by atoms with Crippen LogP contribution in [-0.4, -0.2) is 40.0 Å². The lowest BCUT2D eigenvalue weighted by molar-refractivity contribution is -0.121. The predicted molar refractivity (Wildman–Crippen MR) is 136 cm³/mol. The number of H-pyrrole nitrogens is 1. The lowest BCUT2D eigenvalue weighted by Gasteiger charge is -2.12. The fraction of sp³-hybridized carbons (Fsp3) is 0.308. The Kier molecular flexibility index (Phi) is 8.30. The number of esters is 1. The van der Waals surface area contributed by atoms with Crippen molar-refractivity contribution in [2.45, 2.75) is 47.6 Å². The normalized spacial score (nSPS) is 11.1. The average Bonchev–Trinajstić information content (AvgIpc) is 3.28. The Labute approximate surface area is 209 Å². The van der Waals surface area contributed by atoms with E-state index in [2.05, 4.69) is 15.5 Å². The number of halogens is 1. The van der Waals surface area contributed by atoms with Gasteiger partial charge in [-0.1, -0.05) is 23.7 Å². The quantitative estimate of drug-likeness (QED) is 0.188. The molecule has 2 aromatic heterocycles. The first-order valence-corrected chi connectivity index (χ1v) is 11.7. The van der Waals surface area contributed by atoms with Crippen LogP contribution in [0.1, 0.15) is 63.6 Å². The lowest BCUT2D eigenvalue weighted by Crippen LogP contribution is -2.20. The summed E-state index contributed by atoms with van der Waals surface area (Å²) in [4.78, 5) is 39.8. The number of hydrogen-bond acceptors (Lipinski definition) is 5. The molecule has 35 heavy (non-hydrogen) atoms. The van der Waals surface area contributed by atoms with E-state index in [9.17, 15) is 14.4 Å². The molecule has 0 unspecified atom stereocenters. The third-order valence-corrected chi connectivity index (χ3v) is 6.03. The fourth-order valence-electron chi connectivity index (χ4n) is 4.08. The number of carbonyl (C=O) groups excluding carboxylic acids is 3. The van der Waals surface area contributed by atoms with E-state index in [1.165, 1.54) is 13.1 Å². The minimum atomic E-state index is -0.408. The molecule has 3 rings (SSSR count). The highest BCUT2D eigenvalue weighted by Gasteiger charge is 2.20. The van der Waals surface area contributed by atoms with Gasteiger partial charge in [-0.3, -0.25) is 9.59 Å². The zero-order valence-electron chi connectivity index (χ0n) is 20.5. The van der Waals surface area contributed by atoms with Gasteiger partial charge in [-0.05, 0) is 63.9 Å². The number of amides is 1. The Morgan fingerprint density at radius 1 is 1.17 bits per heavy atom. The summed E-state index contributed by atoms with van der Waals surface area (Å²) >= 11 is 6.03. The van der Waals surface area contributed by atoms with E-state index in [0.29, 0.717) is 34.1 Å². The molecule has 1 amide bonds. The number of carbonyl (C=O) groups is 3. The SMILES string of the molecule is CCOC(=O)c1cc(-c2ccc(Cl)cc2)n(CCC(=O)N/N=C/c2[nH]c(C)c(C(C)=O)c2C)c1C. The van der Waals surface area contributed by atoms with Crippen LogP contribution in [0.4, 0.5) is 0 Å². The molecule has 0 radical (unpaired) electrons. The number of benzene rings is 1. The molecule has 0 bridgehead atoms. The molecule has 2 N–H and O–H groups in total. The number of ketones is 1. The minimum Gasteiger partial charge on any atom is -0.462 e. The van der Waals surface area contributed by atoms with Gasteiger partial charge in [0.15, 0.2) is 5.78 Å². The molecular weight excluding hydrogens is 468 g/mol. The van der Waals surface area contributed by atoms with Gasteiger partial charge in [0.1, 0.15) is 0 Å².